The molecule has 1 fully saturated rings. The minimum Gasteiger partial charge on any atom is -0.343 e. The monoisotopic (exact) mass is 403 g/mol. The van der Waals surface area contributed by atoms with Gasteiger partial charge in [-0.25, -0.2) is 16.8 Å². The van der Waals surface area contributed by atoms with Crippen molar-refractivity contribution in [3.63, 3.8) is 0 Å². The van der Waals surface area contributed by atoms with E-state index < -0.39 is 48.0 Å². The lowest BCUT2D eigenvalue weighted by molar-refractivity contribution is -0.170. The fraction of sp³-hybridized carbons (Fsp3) is 0.538. The Labute approximate surface area is 143 Å². The van der Waals surface area contributed by atoms with E-state index in [0.29, 0.717) is 11.8 Å². The smallest absolute Gasteiger partial charge is 0.343 e. The molecular weight excluding hydrogens is 387 g/mol. The van der Waals surface area contributed by atoms with Gasteiger partial charge in [0.2, 0.25) is 10.0 Å². The van der Waals surface area contributed by atoms with Gasteiger partial charge in [0.15, 0.2) is 5.79 Å². The topological polar surface area (TPSA) is 90.0 Å². The van der Waals surface area contributed by atoms with Crippen molar-refractivity contribution >= 4 is 20.0 Å². The van der Waals surface area contributed by atoms with Crippen molar-refractivity contribution in [2.75, 3.05) is 26.0 Å². The molecule has 0 saturated carbocycles. The first kappa shape index (κ1) is 20.1. The van der Waals surface area contributed by atoms with Crippen LogP contribution in [-0.2, 0) is 35.3 Å². The number of benzene rings is 1. The van der Waals surface area contributed by atoms with E-state index in [2.05, 4.69) is 0 Å². The Morgan fingerprint density at radius 2 is 1.60 bits per heavy atom. The molecule has 7 nitrogen and oxygen atoms in total. The Kier molecular flexibility index (Phi) is 5.50. The molecule has 1 aliphatic rings. The SMILES string of the molecule is CS(=O)(=O)N(CCC1(c2ccccc2)OCCO1)S(=O)(=O)C(F)(F)F. The summed E-state index contributed by atoms with van der Waals surface area (Å²) in [7, 11) is -10.8. The highest BCUT2D eigenvalue weighted by Gasteiger charge is 2.54. The molecule has 25 heavy (non-hydrogen) atoms. The third-order valence-corrected chi connectivity index (χ3v) is 7.15. The number of rotatable bonds is 6. The summed E-state index contributed by atoms with van der Waals surface area (Å²) >= 11 is 0. The van der Waals surface area contributed by atoms with E-state index in [4.69, 9.17) is 9.47 Å². The molecule has 0 atom stereocenters. The largest absolute Gasteiger partial charge is 0.512 e. The van der Waals surface area contributed by atoms with Crippen LogP contribution in [0.2, 0.25) is 0 Å². The third-order valence-electron chi connectivity index (χ3n) is 3.52. The summed E-state index contributed by atoms with van der Waals surface area (Å²) < 4.78 is 95.1. The van der Waals surface area contributed by atoms with Crippen molar-refractivity contribution in [3.05, 3.63) is 35.9 Å². The van der Waals surface area contributed by atoms with Crippen LogP contribution in [0.1, 0.15) is 12.0 Å². The number of nitrogens with zero attached hydrogens (tertiary/aromatic N) is 1. The maximum absolute atomic E-state index is 12.8. The van der Waals surface area contributed by atoms with Crippen LogP contribution in [0.4, 0.5) is 13.2 Å². The van der Waals surface area contributed by atoms with Gasteiger partial charge in [0.1, 0.15) is 0 Å². The number of sulfonamides is 2. The Morgan fingerprint density at radius 1 is 1.08 bits per heavy atom. The van der Waals surface area contributed by atoms with E-state index in [1.165, 1.54) is 0 Å². The third kappa shape index (κ3) is 4.14. The Hall–Kier alpha value is -1.21. The molecular formula is C13H16F3NO6S2. The lowest BCUT2D eigenvalue weighted by Gasteiger charge is -2.30. The minimum absolute atomic E-state index is 0.139. The zero-order valence-electron chi connectivity index (χ0n) is 13.1. The zero-order chi connectivity index (χ0) is 18.9. The molecule has 2 rings (SSSR count). The quantitative estimate of drug-likeness (QED) is 0.713. The molecule has 0 aliphatic carbocycles. The van der Waals surface area contributed by atoms with Crippen molar-refractivity contribution in [2.24, 2.45) is 0 Å². The van der Waals surface area contributed by atoms with Crippen molar-refractivity contribution < 1.29 is 39.5 Å². The van der Waals surface area contributed by atoms with Gasteiger partial charge in [-0.15, -0.1) is 0 Å². The molecule has 1 saturated heterocycles. The van der Waals surface area contributed by atoms with Crippen LogP contribution in [0.5, 0.6) is 0 Å². The van der Waals surface area contributed by atoms with Gasteiger partial charge in [0.05, 0.1) is 19.5 Å². The summed E-state index contributed by atoms with van der Waals surface area (Å²) in [5.74, 6) is -1.51. The molecule has 0 aromatic heterocycles. The molecule has 1 aromatic rings. The van der Waals surface area contributed by atoms with Crippen molar-refractivity contribution in [2.45, 2.75) is 17.7 Å². The highest BCUT2D eigenvalue weighted by Crippen LogP contribution is 2.36. The molecule has 1 aromatic carbocycles. The van der Waals surface area contributed by atoms with Crippen molar-refractivity contribution in [1.29, 1.82) is 0 Å². The van der Waals surface area contributed by atoms with Crippen LogP contribution in [-0.4, -0.2) is 52.1 Å². The summed E-state index contributed by atoms with van der Waals surface area (Å²) in [6.07, 6.45) is -0.0404. The van der Waals surface area contributed by atoms with E-state index >= 15 is 0 Å². The first-order chi connectivity index (χ1) is 11.4. The zero-order valence-corrected chi connectivity index (χ0v) is 14.7. The molecule has 142 valence electrons. The lowest BCUT2D eigenvalue weighted by atomic mass is 10.0. The van der Waals surface area contributed by atoms with E-state index in [9.17, 15) is 30.0 Å². The molecule has 0 radical (unpaired) electrons. The molecule has 0 bridgehead atoms. The summed E-state index contributed by atoms with van der Waals surface area (Å²) in [4.78, 5) is 0. The van der Waals surface area contributed by atoms with Crippen LogP contribution < -0.4 is 0 Å². The molecule has 1 heterocycles. The highest BCUT2D eigenvalue weighted by molar-refractivity contribution is 8.04. The summed E-state index contributed by atoms with van der Waals surface area (Å²) in [5, 5.41) is 0. The van der Waals surface area contributed by atoms with Gasteiger partial charge in [-0.05, 0) is 0 Å². The van der Waals surface area contributed by atoms with Crippen LogP contribution >= 0.6 is 0 Å². The average molecular weight is 403 g/mol. The van der Waals surface area contributed by atoms with Gasteiger partial charge in [0.25, 0.3) is 0 Å². The molecule has 0 spiro atoms. The van der Waals surface area contributed by atoms with Crippen molar-refractivity contribution in [1.82, 2.24) is 3.71 Å². The number of hydrogen-bond donors (Lipinski definition) is 0. The predicted octanol–water partition coefficient (Wildman–Crippen LogP) is 1.39. The van der Waals surface area contributed by atoms with Gasteiger partial charge < -0.3 is 9.47 Å². The van der Waals surface area contributed by atoms with Crippen LogP contribution in [0.3, 0.4) is 0 Å². The van der Waals surface area contributed by atoms with Crippen molar-refractivity contribution in [3.8, 4) is 0 Å². The van der Waals surface area contributed by atoms with Gasteiger partial charge in [-0.2, -0.15) is 13.2 Å². The highest BCUT2D eigenvalue weighted by atomic mass is 32.3. The molecule has 0 amide bonds. The Morgan fingerprint density at radius 3 is 2.04 bits per heavy atom. The molecule has 0 N–H and O–H groups in total. The predicted molar refractivity (Wildman–Crippen MR) is 81.2 cm³/mol. The number of alkyl halides is 3. The fourth-order valence-corrected chi connectivity index (χ4v) is 5.09. The van der Waals surface area contributed by atoms with Crippen LogP contribution in [0.25, 0.3) is 0 Å². The van der Waals surface area contributed by atoms with E-state index in [1.807, 2.05) is 0 Å². The fourth-order valence-electron chi connectivity index (χ4n) is 2.42. The summed E-state index contributed by atoms with van der Waals surface area (Å²) in [6.45, 7) is -0.699. The maximum atomic E-state index is 12.8. The van der Waals surface area contributed by atoms with Gasteiger partial charge in [0, 0.05) is 18.5 Å². The Bertz CT molecular complexity index is 802. The molecule has 12 heteroatoms. The standard InChI is InChI=1S/C13H16F3NO6S2/c1-24(18,19)17(25(20,21)13(14,15)16)8-7-12(22-9-10-23-12)11-5-3-2-4-6-11/h2-6H,7-10H2,1H3. The first-order valence-corrected chi connectivity index (χ1v) is 10.3. The number of ether oxygens (including phenoxy) is 2. The van der Waals surface area contributed by atoms with Gasteiger partial charge in [-0.1, -0.05) is 34.0 Å². The van der Waals surface area contributed by atoms with Crippen LogP contribution in [0, 0.1) is 0 Å². The maximum Gasteiger partial charge on any atom is 0.512 e. The number of halogens is 3. The normalized spacial score (nSPS) is 18.6. The van der Waals surface area contributed by atoms with E-state index in [0.717, 1.165) is 0 Å². The van der Waals surface area contributed by atoms with E-state index in [1.54, 1.807) is 30.3 Å². The van der Waals surface area contributed by atoms with Gasteiger partial charge >= 0.3 is 15.5 Å². The van der Waals surface area contributed by atoms with Crippen LogP contribution in [0.15, 0.2) is 30.3 Å². The summed E-state index contributed by atoms with van der Waals surface area (Å²) in [6, 6.07) is 8.16. The number of hydrogen-bond acceptors (Lipinski definition) is 6. The first-order valence-electron chi connectivity index (χ1n) is 7.03. The van der Waals surface area contributed by atoms with E-state index in [-0.39, 0.29) is 13.2 Å². The second-order valence-corrected chi connectivity index (χ2v) is 9.27. The average Bonchev–Trinajstić information content (AvgIpc) is 2.95. The Balaban J connectivity index is 2.34. The summed E-state index contributed by atoms with van der Waals surface area (Å²) in [5.41, 5.74) is -5.29. The minimum atomic E-state index is -6.06. The second-order valence-electron chi connectivity index (χ2n) is 5.28. The second kappa shape index (κ2) is 6.83. The molecule has 1 aliphatic heterocycles. The lowest BCUT2D eigenvalue weighted by Crippen LogP contribution is -2.46. The van der Waals surface area contributed by atoms with Gasteiger partial charge in [-0.3, -0.25) is 0 Å². The molecule has 0 unspecified atom stereocenters.